The standard InChI is InChI=1S/C14H16ClN3/c1-14(2)7-8-18(9-14)12-10-5-3-4-6-11(10)16-13(15)17-12/h3-6H,7-9H2,1-2H3. The van der Waals surface area contributed by atoms with Gasteiger partial charge < -0.3 is 4.90 Å². The Labute approximate surface area is 112 Å². The van der Waals surface area contributed by atoms with Crippen LogP contribution in [0.25, 0.3) is 10.9 Å². The zero-order chi connectivity index (χ0) is 12.8. The van der Waals surface area contributed by atoms with Gasteiger partial charge in [-0.1, -0.05) is 26.0 Å². The molecule has 0 atom stereocenters. The smallest absolute Gasteiger partial charge is 0.224 e. The molecule has 0 spiro atoms. The third-order valence-corrected chi connectivity index (χ3v) is 3.70. The van der Waals surface area contributed by atoms with Gasteiger partial charge in [-0.3, -0.25) is 0 Å². The first-order valence-electron chi connectivity index (χ1n) is 6.22. The summed E-state index contributed by atoms with van der Waals surface area (Å²) in [6.45, 7) is 6.63. The van der Waals surface area contributed by atoms with E-state index < -0.39 is 0 Å². The van der Waals surface area contributed by atoms with Gasteiger partial charge in [-0.15, -0.1) is 0 Å². The van der Waals surface area contributed by atoms with E-state index in [4.69, 9.17) is 11.6 Å². The van der Waals surface area contributed by atoms with Gasteiger partial charge in [0.25, 0.3) is 0 Å². The van der Waals surface area contributed by atoms with E-state index in [9.17, 15) is 0 Å². The first-order chi connectivity index (χ1) is 8.55. The molecule has 1 aromatic carbocycles. The molecule has 94 valence electrons. The SMILES string of the molecule is CC1(C)CCN(c2nc(Cl)nc3ccccc23)C1. The minimum Gasteiger partial charge on any atom is -0.355 e. The van der Waals surface area contributed by atoms with E-state index in [1.165, 1.54) is 6.42 Å². The number of hydrogen-bond donors (Lipinski definition) is 0. The number of nitrogens with zero attached hydrogens (tertiary/aromatic N) is 3. The van der Waals surface area contributed by atoms with Crippen molar-refractivity contribution in [2.45, 2.75) is 20.3 Å². The fourth-order valence-electron chi connectivity index (χ4n) is 2.57. The number of rotatable bonds is 1. The van der Waals surface area contributed by atoms with Crippen LogP contribution < -0.4 is 4.90 Å². The maximum Gasteiger partial charge on any atom is 0.224 e. The summed E-state index contributed by atoms with van der Waals surface area (Å²) < 4.78 is 0. The van der Waals surface area contributed by atoms with Gasteiger partial charge in [0.15, 0.2) is 0 Å². The maximum absolute atomic E-state index is 6.02. The van der Waals surface area contributed by atoms with E-state index >= 15 is 0 Å². The van der Waals surface area contributed by atoms with Crippen LogP contribution in [0, 0.1) is 5.41 Å². The monoisotopic (exact) mass is 261 g/mol. The molecule has 0 bridgehead atoms. The van der Waals surface area contributed by atoms with Crippen LogP contribution in [0.5, 0.6) is 0 Å². The van der Waals surface area contributed by atoms with Gasteiger partial charge in [0, 0.05) is 18.5 Å². The predicted octanol–water partition coefficient (Wildman–Crippen LogP) is 3.52. The number of aromatic nitrogens is 2. The Morgan fingerprint density at radius 3 is 2.72 bits per heavy atom. The second-order valence-electron chi connectivity index (χ2n) is 5.67. The first-order valence-corrected chi connectivity index (χ1v) is 6.60. The maximum atomic E-state index is 6.02. The van der Waals surface area contributed by atoms with Crippen LogP contribution in [0.3, 0.4) is 0 Å². The molecule has 0 N–H and O–H groups in total. The lowest BCUT2D eigenvalue weighted by molar-refractivity contribution is 0.418. The van der Waals surface area contributed by atoms with Crippen LogP contribution in [0.2, 0.25) is 5.28 Å². The summed E-state index contributed by atoms with van der Waals surface area (Å²) in [5, 5.41) is 1.41. The third-order valence-electron chi connectivity index (χ3n) is 3.53. The third kappa shape index (κ3) is 2.03. The number of fused-ring (bicyclic) bond motifs is 1. The Kier molecular flexibility index (Phi) is 2.67. The van der Waals surface area contributed by atoms with Crippen LogP contribution in [0.1, 0.15) is 20.3 Å². The molecule has 18 heavy (non-hydrogen) atoms. The minimum atomic E-state index is 0.327. The molecule has 4 heteroatoms. The summed E-state index contributed by atoms with van der Waals surface area (Å²) in [6.07, 6.45) is 1.18. The Bertz CT molecular complexity index is 595. The molecule has 1 fully saturated rings. The summed E-state index contributed by atoms with van der Waals surface area (Å²) in [6, 6.07) is 8.04. The zero-order valence-corrected chi connectivity index (χ0v) is 11.4. The van der Waals surface area contributed by atoms with Crippen molar-refractivity contribution in [2.24, 2.45) is 5.41 Å². The fraction of sp³-hybridized carbons (Fsp3) is 0.429. The molecule has 0 radical (unpaired) electrons. The summed E-state index contributed by atoms with van der Waals surface area (Å²) in [4.78, 5) is 11.0. The van der Waals surface area contributed by atoms with Gasteiger partial charge in [-0.05, 0) is 35.6 Å². The summed E-state index contributed by atoms with van der Waals surface area (Å²) in [5.41, 5.74) is 1.26. The average molecular weight is 262 g/mol. The highest BCUT2D eigenvalue weighted by atomic mass is 35.5. The van der Waals surface area contributed by atoms with E-state index in [0.717, 1.165) is 29.8 Å². The van der Waals surface area contributed by atoms with Crippen molar-refractivity contribution in [3.8, 4) is 0 Å². The number of para-hydroxylation sites is 1. The minimum absolute atomic E-state index is 0.327. The van der Waals surface area contributed by atoms with E-state index in [2.05, 4.69) is 34.8 Å². The van der Waals surface area contributed by atoms with Crippen molar-refractivity contribution in [2.75, 3.05) is 18.0 Å². The highest BCUT2D eigenvalue weighted by Gasteiger charge is 2.30. The second kappa shape index (κ2) is 4.09. The van der Waals surface area contributed by atoms with Crippen molar-refractivity contribution in [3.05, 3.63) is 29.5 Å². The molecular formula is C14H16ClN3. The van der Waals surface area contributed by atoms with Gasteiger partial charge in [-0.25, -0.2) is 4.98 Å². The molecule has 1 aliphatic rings. The Morgan fingerprint density at radius 1 is 1.22 bits per heavy atom. The van der Waals surface area contributed by atoms with E-state index in [0.29, 0.717) is 10.7 Å². The van der Waals surface area contributed by atoms with Gasteiger partial charge in [0.2, 0.25) is 5.28 Å². The Balaban J connectivity index is 2.11. The van der Waals surface area contributed by atoms with Crippen LogP contribution in [0.15, 0.2) is 24.3 Å². The van der Waals surface area contributed by atoms with Crippen molar-refractivity contribution in [3.63, 3.8) is 0 Å². The molecule has 1 aromatic heterocycles. The molecule has 0 unspecified atom stereocenters. The van der Waals surface area contributed by atoms with Crippen LogP contribution in [-0.2, 0) is 0 Å². The zero-order valence-electron chi connectivity index (χ0n) is 10.7. The van der Waals surface area contributed by atoms with Crippen molar-refractivity contribution in [1.29, 1.82) is 0 Å². The molecule has 2 aromatic rings. The van der Waals surface area contributed by atoms with Gasteiger partial charge in [0.05, 0.1) is 5.52 Å². The predicted molar refractivity (Wildman–Crippen MR) is 75.2 cm³/mol. The van der Waals surface area contributed by atoms with Gasteiger partial charge >= 0.3 is 0 Å². The van der Waals surface area contributed by atoms with Crippen LogP contribution >= 0.6 is 11.6 Å². The molecule has 1 saturated heterocycles. The van der Waals surface area contributed by atoms with Crippen LogP contribution in [-0.4, -0.2) is 23.1 Å². The largest absolute Gasteiger partial charge is 0.355 e. The molecule has 2 heterocycles. The van der Waals surface area contributed by atoms with Crippen molar-refractivity contribution in [1.82, 2.24) is 9.97 Å². The molecule has 3 rings (SSSR count). The number of hydrogen-bond acceptors (Lipinski definition) is 3. The average Bonchev–Trinajstić information content (AvgIpc) is 2.68. The summed E-state index contributed by atoms with van der Waals surface area (Å²) in [7, 11) is 0. The molecule has 0 aliphatic carbocycles. The normalized spacial score (nSPS) is 18.5. The van der Waals surface area contributed by atoms with Crippen molar-refractivity contribution >= 4 is 28.3 Å². The summed E-state index contributed by atoms with van der Waals surface area (Å²) in [5.74, 6) is 0.969. The quantitative estimate of drug-likeness (QED) is 0.736. The lowest BCUT2D eigenvalue weighted by Crippen LogP contribution is -2.24. The highest BCUT2D eigenvalue weighted by Crippen LogP contribution is 2.34. The highest BCUT2D eigenvalue weighted by molar-refractivity contribution is 6.28. The Morgan fingerprint density at radius 2 is 2.00 bits per heavy atom. The molecule has 3 nitrogen and oxygen atoms in total. The van der Waals surface area contributed by atoms with Crippen LogP contribution in [0.4, 0.5) is 5.82 Å². The van der Waals surface area contributed by atoms with E-state index in [1.807, 2.05) is 18.2 Å². The Hall–Kier alpha value is -1.35. The van der Waals surface area contributed by atoms with Gasteiger partial charge in [-0.2, -0.15) is 4.98 Å². The fourth-order valence-corrected chi connectivity index (χ4v) is 2.74. The molecule has 0 amide bonds. The first kappa shape index (κ1) is 11.7. The van der Waals surface area contributed by atoms with Gasteiger partial charge in [0.1, 0.15) is 5.82 Å². The topological polar surface area (TPSA) is 29.0 Å². The van der Waals surface area contributed by atoms with Crippen molar-refractivity contribution < 1.29 is 0 Å². The number of benzene rings is 1. The lowest BCUT2D eigenvalue weighted by atomic mass is 9.93. The second-order valence-corrected chi connectivity index (χ2v) is 6.01. The lowest BCUT2D eigenvalue weighted by Gasteiger charge is -2.21. The molecule has 1 aliphatic heterocycles. The summed E-state index contributed by atoms with van der Waals surface area (Å²) >= 11 is 6.02. The molecular weight excluding hydrogens is 246 g/mol. The number of halogens is 1. The van der Waals surface area contributed by atoms with E-state index in [1.54, 1.807) is 0 Å². The van der Waals surface area contributed by atoms with E-state index in [-0.39, 0.29) is 0 Å². The molecule has 0 saturated carbocycles. The number of anilines is 1.